The maximum Gasteiger partial charge on any atom is 0.170 e. The van der Waals surface area contributed by atoms with E-state index in [2.05, 4.69) is 33.3 Å². The van der Waals surface area contributed by atoms with Crippen LogP contribution in [0.25, 0.3) is 10.9 Å². The molecule has 0 aliphatic heterocycles. The Hall–Kier alpha value is -1.57. The summed E-state index contributed by atoms with van der Waals surface area (Å²) in [6.45, 7) is 2.71. The van der Waals surface area contributed by atoms with Crippen molar-refractivity contribution in [1.82, 2.24) is 14.1 Å². The second kappa shape index (κ2) is 10.7. The Labute approximate surface area is 176 Å². The van der Waals surface area contributed by atoms with E-state index in [0.29, 0.717) is 0 Å². The number of halogens is 3. The standard InChI is InChI=1S/C18H19N3O.3ClH.2H2O/c1-12-19-9-10-21(12)11-13-7-8-16-17(18(13)22)14-5-3-4-6-15(14)20(16)2;;;;;/h3-6,9-10,13H,7-8,11H2,1-2H3;3*1H;2*1H2. The van der Waals surface area contributed by atoms with Crippen molar-refractivity contribution in [1.29, 1.82) is 0 Å². The van der Waals surface area contributed by atoms with Crippen molar-refractivity contribution in [2.24, 2.45) is 13.0 Å². The van der Waals surface area contributed by atoms with Gasteiger partial charge in [-0.15, -0.1) is 37.2 Å². The fourth-order valence-electron chi connectivity index (χ4n) is 3.67. The van der Waals surface area contributed by atoms with Crippen LogP contribution in [0.1, 0.15) is 28.3 Å². The first-order chi connectivity index (χ1) is 10.7. The molecule has 6 nitrogen and oxygen atoms in total. The molecule has 0 bridgehead atoms. The van der Waals surface area contributed by atoms with E-state index >= 15 is 0 Å². The number of Topliss-reactive ketones (excluding diaryl/α,β-unsaturated/α-hetero) is 1. The Morgan fingerprint density at radius 1 is 1.15 bits per heavy atom. The molecule has 2 aromatic heterocycles. The van der Waals surface area contributed by atoms with Crippen molar-refractivity contribution in [2.75, 3.05) is 0 Å². The van der Waals surface area contributed by atoms with Gasteiger partial charge in [-0.05, 0) is 25.8 Å². The van der Waals surface area contributed by atoms with Gasteiger partial charge < -0.3 is 20.1 Å². The SMILES string of the molecule is Cc1nccn1CC1CCc2c(c3ccccc3n2C)C1=O.Cl.Cl.Cl.O.O. The number of hydrogen-bond acceptors (Lipinski definition) is 2. The highest BCUT2D eigenvalue weighted by Crippen LogP contribution is 2.34. The van der Waals surface area contributed by atoms with Crippen molar-refractivity contribution in [3.8, 4) is 0 Å². The molecule has 0 saturated carbocycles. The maximum absolute atomic E-state index is 13.0. The molecule has 9 heteroatoms. The summed E-state index contributed by atoms with van der Waals surface area (Å²) in [4.78, 5) is 17.3. The number of aromatic nitrogens is 3. The van der Waals surface area contributed by atoms with Crippen LogP contribution in [0.3, 0.4) is 0 Å². The van der Waals surface area contributed by atoms with Crippen LogP contribution < -0.4 is 0 Å². The lowest BCUT2D eigenvalue weighted by molar-refractivity contribution is 0.0888. The number of nitrogens with zero attached hydrogens (tertiary/aromatic N) is 3. The molecule has 152 valence electrons. The Morgan fingerprint density at radius 2 is 1.81 bits per heavy atom. The van der Waals surface area contributed by atoms with Gasteiger partial charge >= 0.3 is 0 Å². The van der Waals surface area contributed by atoms with Crippen LogP contribution >= 0.6 is 37.2 Å². The highest BCUT2D eigenvalue weighted by molar-refractivity contribution is 6.11. The third kappa shape index (κ3) is 4.47. The molecular formula is C18H26Cl3N3O3. The van der Waals surface area contributed by atoms with Crippen LogP contribution in [0.2, 0.25) is 0 Å². The molecule has 1 atom stereocenters. The average Bonchev–Trinajstić information content (AvgIpc) is 3.05. The van der Waals surface area contributed by atoms with E-state index in [-0.39, 0.29) is 59.9 Å². The number of benzene rings is 1. The van der Waals surface area contributed by atoms with Crippen LogP contribution in [-0.4, -0.2) is 30.9 Å². The number of imidazole rings is 1. The molecule has 1 aliphatic carbocycles. The number of carbonyl (C=O) groups is 1. The Bertz CT molecular complexity index is 892. The summed E-state index contributed by atoms with van der Waals surface area (Å²) in [7, 11) is 2.06. The second-order valence-electron chi connectivity index (χ2n) is 6.12. The summed E-state index contributed by atoms with van der Waals surface area (Å²) < 4.78 is 4.26. The molecule has 1 aromatic carbocycles. The lowest BCUT2D eigenvalue weighted by Crippen LogP contribution is -2.27. The van der Waals surface area contributed by atoms with Crippen LogP contribution in [0.5, 0.6) is 0 Å². The lowest BCUT2D eigenvalue weighted by Gasteiger charge is -2.23. The van der Waals surface area contributed by atoms with Crippen molar-refractivity contribution in [3.05, 3.63) is 53.7 Å². The number of rotatable bonds is 2. The molecule has 0 radical (unpaired) electrons. The first kappa shape index (κ1) is 27.6. The number of ketones is 1. The molecule has 0 amide bonds. The van der Waals surface area contributed by atoms with E-state index in [1.165, 1.54) is 5.69 Å². The van der Waals surface area contributed by atoms with Gasteiger partial charge in [-0.25, -0.2) is 4.98 Å². The molecule has 0 spiro atoms. The van der Waals surface area contributed by atoms with Crippen LogP contribution in [-0.2, 0) is 20.0 Å². The highest BCUT2D eigenvalue weighted by atomic mass is 35.5. The zero-order valence-corrected chi connectivity index (χ0v) is 17.6. The molecule has 27 heavy (non-hydrogen) atoms. The smallest absolute Gasteiger partial charge is 0.170 e. The van der Waals surface area contributed by atoms with E-state index in [1.807, 2.05) is 25.3 Å². The van der Waals surface area contributed by atoms with E-state index in [0.717, 1.165) is 41.7 Å². The number of hydrogen-bond donors (Lipinski definition) is 0. The fourth-order valence-corrected chi connectivity index (χ4v) is 3.67. The lowest BCUT2D eigenvalue weighted by atomic mass is 9.85. The van der Waals surface area contributed by atoms with Crippen LogP contribution in [0, 0.1) is 12.8 Å². The molecule has 4 N–H and O–H groups in total. The van der Waals surface area contributed by atoms with E-state index < -0.39 is 0 Å². The molecule has 2 heterocycles. The average molecular weight is 439 g/mol. The predicted molar refractivity (Wildman–Crippen MR) is 115 cm³/mol. The Balaban J connectivity index is 0. The minimum atomic E-state index is 0. The van der Waals surface area contributed by atoms with Gasteiger partial charge in [0, 0.05) is 54.1 Å². The van der Waals surface area contributed by atoms with Crippen LogP contribution in [0.15, 0.2) is 36.7 Å². The quantitative estimate of drug-likeness (QED) is 0.614. The van der Waals surface area contributed by atoms with Gasteiger partial charge in [0.05, 0.1) is 0 Å². The van der Waals surface area contributed by atoms with E-state index in [4.69, 9.17) is 0 Å². The largest absolute Gasteiger partial charge is 0.412 e. The fraction of sp³-hybridized carbons (Fsp3) is 0.333. The van der Waals surface area contributed by atoms with Gasteiger partial charge in [0.15, 0.2) is 5.78 Å². The van der Waals surface area contributed by atoms with Gasteiger partial charge in [0.2, 0.25) is 0 Å². The number of para-hydroxylation sites is 1. The summed E-state index contributed by atoms with van der Waals surface area (Å²) in [6.07, 6.45) is 5.63. The van der Waals surface area contributed by atoms with E-state index in [1.54, 1.807) is 6.20 Å². The molecular weight excluding hydrogens is 413 g/mol. The number of fused-ring (bicyclic) bond motifs is 3. The second-order valence-corrected chi connectivity index (χ2v) is 6.12. The monoisotopic (exact) mass is 437 g/mol. The first-order valence-corrected chi connectivity index (χ1v) is 7.75. The summed E-state index contributed by atoms with van der Waals surface area (Å²) in [5.74, 6) is 1.30. The van der Waals surface area contributed by atoms with Gasteiger partial charge in [-0.3, -0.25) is 4.79 Å². The summed E-state index contributed by atoms with van der Waals surface area (Å²) in [5, 5.41) is 1.09. The summed E-state index contributed by atoms with van der Waals surface area (Å²) in [6, 6.07) is 8.21. The van der Waals surface area contributed by atoms with Gasteiger partial charge in [-0.2, -0.15) is 0 Å². The molecule has 1 aliphatic rings. The van der Waals surface area contributed by atoms with Gasteiger partial charge in [0.25, 0.3) is 0 Å². The summed E-state index contributed by atoms with van der Waals surface area (Å²) >= 11 is 0. The summed E-state index contributed by atoms with van der Waals surface area (Å²) in [5.41, 5.74) is 3.28. The highest BCUT2D eigenvalue weighted by Gasteiger charge is 2.32. The van der Waals surface area contributed by atoms with Crippen molar-refractivity contribution in [3.63, 3.8) is 0 Å². The van der Waals surface area contributed by atoms with Crippen molar-refractivity contribution in [2.45, 2.75) is 26.3 Å². The van der Waals surface area contributed by atoms with Crippen LogP contribution in [0.4, 0.5) is 0 Å². The normalized spacial score (nSPS) is 14.6. The minimum absolute atomic E-state index is 0. The topological polar surface area (TPSA) is 103 Å². The third-order valence-corrected chi connectivity index (χ3v) is 4.92. The molecule has 3 aromatic rings. The van der Waals surface area contributed by atoms with Crippen molar-refractivity contribution >= 4 is 53.9 Å². The molecule has 1 unspecified atom stereocenters. The number of carbonyl (C=O) groups excluding carboxylic acids is 1. The zero-order valence-electron chi connectivity index (χ0n) is 15.1. The third-order valence-electron chi connectivity index (χ3n) is 4.92. The van der Waals surface area contributed by atoms with E-state index in [9.17, 15) is 4.79 Å². The van der Waals surface area contributed by atoms with Gasteiger partial charge in [0.1, 0.15) is 5.82 Å². The number of aryl methyl sites for hydroxylation is 2. The predicted octanol–water partition coefficient (Wildman–Crippen LogP) is 2.74. The first-order valence-electron chi connectivity index (χ1n) is 7.75. The Kier molecular flexibility index (Phi) is 10.9. The molecule has 0 fully saturated rings. The molecule has 0 saturated heterocycles. The Morgan fingerprint density at radius 3 is 2.44 bits per heavy atom. The maximum atomic E-state index is 13.0. The van der Waals surface area contributed by atoms with Gasteiger partial charge in [-0.1, -0.05) is 18.2 Å². The minimum Gasteiger partial charge on any atom is -0.412 e. The molecule has 4 rings (SSSR count). The zero-order chi connectivity index (χ0) is 15.3. The van der Waals surface area contributed by atoms with Crippen molar-refractivity contribution < 1.29 is 15.7 Å².